The predicted octanol–water partition coefficient (Wildman–Crippen LogP) is 5.48. The molecule has 0 N–H and O–H groups in total. The molecule has 0 saturated heterocycles. The van der Waals surface area contributed by atoms with Crippen molar-refractivity contribution in [3.05, 3.63) is 0 Å². The summed E-state index contributed by atoms with van der Waals surface area (Å²) in [6.07, 6.45) is 11.6. The third-order valence-electron chi connectivity index (χ3n) is 2.57. The first-order valence-electron chi connectivity index (χ1n) is 6.43. The molecule has 0 atom stereocenters. The van der Waals surface area contributed by atoms with E-state index in [9.17, 15) is 0 Å². The summed E-state index contributed by atoms with van der Waals surface area (Å²) in [6, 6.07) is 0. The van der Waals surface area contributed by atoms with Crippen LogP contribution in [0.1, 0.15) is 44.9 Å². The Morgan fingerprint density at radius 3 is 2.17 bits per heavy atom. The molecule has 1 aromatic rings. The second-order valence-corrected chi connectivity index (χ2v) is 8.22. The number of unbranched alkanes of at least 4 members (excludes halogenated alkanes) is 6. The van der Waals surface area contributed by atoms with Gasteiger partial charge in [0.25, 0.3) is 0 Å². The molecule has 0 spiro atoms. The molecule has 6 heteroatoms. The second kappa shape index (κ2) is 11.6. The van der Waals surface area contributed by atoms with E-state index < -0.39 is 0 Å². The SMILES string of the molecule is CSc1nnc(SCCCCCCCCCBr)s1. The smallest absolute Gasteiger partial charge is 0.131 e. The number of aromatic nitrogens is 2. The van der Waals surface area contributed by atoms with Gasteiger partial charge in [0.05, 0.1) is 0 Å². The fourth-order valence-electron chi connectivity index (χ4n) is 1.58. The molecule has 0 radical (unpaired) electrons. The number of thioether (sulfide) groups is 2. The van der Waals surface area contributed by atoms with E-state index in [1.807, 2.05) is 18.0 Å². The van der Waals surface area contributed by atoms with Crippen LogP contribution in [0.15, 0.2) is 8.68 Å². The molecule has 1 rings (SSSR count). The molecule has 1 aromatic heterocycles. The minimum Gasteiger partial charge on any atom is -0.131 e. The van der Waals surface area contributed by atoms with E-state index in [1.165, 1.54) is 50.7 Å². The van der Waals surface area contributed by atoms with Crippen molar-refractivity contribution in [1.82, 2.24) is 10.2 Å². The number of halogens is 1. The van der Waals surface area contributed by atoms with Gasteiger partial charge in [0.15, 0.2) is 8.68 Å². The minimum absolute atomic E-state index is 1.07. The summed E-state index contributed by atoms with van der Waals surface area (Å²) >= 11 is 8.71. The Morgan fingerprint density at radius 1 is 0.944 bits per heavy atom. The van der Waals surface area contributed by atoms with Crippen molar-refractivity contribution in [3.63, 3.8) is 0 Å². The summed E-state index contributed by atoms with van der Waals surface area (Å²) < 4.78 is 2.20. The molecule has 0 saturated carbocycles. The molecule has 0 fully saturated rings. The van der Waals surface area contributed by atoms with Crippen LogP contribution in [0, 0.1) is 0 Å². The number of rotatable bonds is 11. The van der Waals surface area contributed by atoms with Gasteiger partial charge in [-0.2, -0.15) is 0 Å². The molecule has 104 valence electrons. The molecule has 0 aliphatic carbocycles. The Hall–Kier alpha value is 0.740. The largest absolute Gasteiger partial charge is 0.175 e. The van der Waals surface area contributed by atoms with Gasteiger partial charge >= 0.3 is 0 Å². The first-order chi connectivity index (χ1) is 8.86. The first-order valence-corrected chi connectivity index (χ1v) is 10.6. The molecule has 18 heavy (non-hydrogen) atoms. The topological polar surface area (TPSA) is 25.8 Å². The van der Waals surface area contributed by atoms with E-state index in [0.717, 1.165) is 14.0 Å². The Kier molecular flexibility index (Phi) is 10.8. The maximum Gasteiger partial charge on any atom is 0.175 e. The van der Waals surface area contributed by atoms with Crippen molar-refractivity contribution in [1.29, 1.82) is 0 Å². The van der Waals surface area contributed by atoms with Crippen LogP contribution in [0.3, 0.4) is 0 Å². The second-order valence-electron chi connectivity index (χ2n) is 4.05. The highest BCUT2D eigenvalue weighted by molar-refractivity contribution is 9.09. The standard InChI is InChI=1S/C12H21BrN2S3/c1-16-11-14-15-12(18-11)17-10-8-6-4-2-3-5-7-9-13/h2-10H2,1H3. The lowest BCUT2D eigenvalue weighted by Crippen LogP contribution is -1.83. The van der Waals surface area contributed by atoms with Gasteiger partial charge in [-0.05, 0) is 19.1 Å². The number of nitrogens with zero attached hydrogens (tertiary/aromatic N) is 2. The lowest BCUT2D eigenvalue weighted by Gasteiger charge is -2.00. The Labute approximate surface area is 131 Å². The predicted molar refractivity (Wildman–Crippen MR) is 88.5 cm³/mol. The van der Waals surface area contributed by atoms with Crippen LogP contribution < -0.4 is 0 Å². The molecule has 0 amide bonds. The minimum atomic E-state index is 1.07. The van der Waals surface area contributed by atoms with Gasteiger partial charge in [0.1, 0.15) is 0 Å². The zero-order valence-electron chi connectivity index (χ0n) is 10.9. The maximum atomic E-state index is 4.16. The molecule has 0 unspecified atom stereocenters. The van der Waals surface area contributed by atoms with E-state index in [1.54, 1.807) is 23.1 Å². The zero-order chi connectivity index (χ0) is 13.1. The summed E-state index contributed by atoms with van der Waals surface area (Å²) in [4.78, 5) is 0. The molecule has 1 heterocycles. The van der Waals surface area contributed by atoms with Crippen molar-refractivity contribution < 1.29 is 0 Å². The average molecular weight is 369 g/mol. The fraction of sp³-hybridized carbons (Fsp3) is 0.833. The van der Waals surface area contributed by atoms with E-state index in [-0.39, 0.29) is 0 Å². The van der Waals surface area contributed by atoms with Crippen LogP contribution in [0.25, 0.3) is 0 Å². The highest BCUT2D eigenvalue weighted by atomic mass is 79.9. The van der Waals surface area contributed by atoms with Gasteiger partial charge in [-0.1, -0.05) is 82.9 Å². The Morgan fingerprint density at radius 2 is 1.56 bits per heavy atom. The van der Waals surface area contributed by atoms with Crippen molar-refractivity contribution in [2.24, 2.45) is 0 Å². The van der Waals surface area contributed by atoms with Crippen molar-refractivity contribution >= 4 is 50.8 Å². The van der Waals surface area contributed by atoms with Gasteiger partial charge in [-0.15, -0.1) is 10.2 Å². The van der Waals surface area contributed by atoms with Gasteiger partial charge in [-0.25, -0.2) is 0 Å². The highest BCUT2D eigenvalue weighted by Crippen LogP contribution is 2.27. The summed E-state index contributed by atoms with van der Waals surface area (Å²) in [6.45, 7) is 0. The Bertz CT molecular complexity index is 307. The fourth-order valence-corrected chi connectivity index (χ4v) is 4.48. The van der Waals surface area contributed by atoms with Gasteiger partial charge in [0, 0.05) is 11.1 Å². The normalized spacial score (nSPS) is 11.0. The molecule has 2 nitrogen and oxygen atoms in total. The van der Waals surface area contributed by atoms with E-state index in [2.05, 4.69) is 26.1 Å². The monoisotopic (exact) mass is 368 g/mol. The van der Waals surface area contributed by atoms with Gasteiger partial charge in [-0.3, -0.25) is 0 Å². The van der Waals surface area contributed by atoms with Crippen molar-refractivity contribution in [3.8, 4) is 0 Å². The number of alkyl halides is 1. The highest BCUT2D eigenvalue weighted by Gasteiger charge is 2.02. The van der Waals surface area contributed by atoms with Crippen LogP contribution in [0.5, 0.6) is 0 Å². The van der Waals surface area contributed by atoms with Gasteiger partial charge in [0.2, 0.25) is 0 Å². The molecule has 0 aliphatic rings. The Balaban J connectivity index is 1.89. The molecular formula is C12H21BrN2S3. The summed E-state index contributed by atoms with van der Waals surface area (Å²) in [5.41, 5.74) is 0. The van der Waals surface area contributed by atoms with Crippen LogP contribution >= 0.6 is 50.8 Å². The van der Waals surface area contributed by atoms with E-state index >= 15 is 0 Å². The molecular weight excluding hydrogens is 348 g/mol. The summed E-state index contributed by atoms with van der Waals surface area (Å²) in [5, 5.41) is 9.42. The summed E-state index contributed by atoms with van der Waals surface area (Å²) in [5.74, 6) is 1.18. The average Bonchev–Trinajstić information content (AvgIpc) is 2.85. The van der Waals surface area contributed by atoms with Gasteiger partial charge < -0.3 is 0 Å². The molecule has 0 bridgehead atoms. The number of hydrogen-bond donors (Lipinski definition) is 0. The third-order valence-corrected chi connectivity index (χ3v) is 6.25. The maximum absolute atomic E-state index is 4.16. The lowest BCUT2D eigenvalue weighted by molar-refractivity contribution is 0.606. The van der Waals surface area contributed by atoms with E-state index in [4.69, 9.17) is 0 Å². The van der Waals surface area contributed by atoms with Crippen LogP contribution in [0.4, 0.5) is 0 Å². The summed E-state index contributed by atoms with van der Waals surface area (Å²) in [7, 11) is 0. The van der Waals surface area contributed by atoms with Crippen molar-refractivity contribution in [2.75, 3.05) is 17.3 Å². The number of hydrogen-bond acceptors (Lipinski definition) is 5. The molecule has 0 aromatic carbocycles. The van der Waals surface area contributed by atoms with Crippen LogP contribution in [-0.2, 0) is 0 Å². The third kappa shape index (κ3) is 8.02. The zero-order valence-corrected chi connectivity index (χ0v) is 14.9. The molecule has 0 aliphatic heterocycles. The quantitative estimate of drug-likeness (QED) is 0.293. The first kappa shape index (κ1) is 16.8. The van der Waals surface area contributed by atoms with Crippen molar-refractivity contribution in [2.45, 2.75) is 53.6 Å². The van der Waals surface area contributed by atoms with Crippen LogP contribution in [-0.4, -0.2) is 27.5 Å². The van der Waals surface area contributed by atoms with E-state index in [0.29, 0.717) is 0 Å². The lowest BCUT2D eigenvalue weighted by atomic mass is 10.1. The van der Waals surface area contributed by atoms with Crippen LogP contribution in [0.2, 0.25) is 0 Å².